The van der Waals surface area contributed by atoms with Crippen LogP contribution >= 0.6 is 11.6 Å². The third-order valence-corrected chi connectivity index (χ3v) is 3.65. The van der Waals surface area contributed by atoms with Crippen LogP contribution in [-0.4, -0.2) is 11.5 Å². The second-order valence-corrected chi connectivity index (χ2v) is 4.83. The molecule has 3 nitrogen and oxygen atoms in total. The topological polar surface area (TPSA) is 55.4 Å². The lowest BCUT2D eigenvalue weighted by Crippen LogP contribution is -2.36. The number of carbonyl (C=O) groups excluding carboxylic acids is 1. The van der Waals surface area contributed by atoms with Crippen molar-refractivity contribution in [2.24, 2.45) is 22.8 Å². The van der Waals surface area contributed by atoms with E-state index in [0.717, 1.165) is 11.3 Å². The molecule has 0 aromatic heterocycles. The molecule has 1 aromatic rings. The SMILES string of the molecule is NN=C1c2ccc(Cl)cc2C(=O)C2C=CC=CC12. The van der Waals surface area contributed by atoms with E-state index in [4.69, 9.17) is 17.4 Å². The van der Waals surface area contributed by atoms with Gasteiger partial charge in [-0.2, -0.15) is 5.10 Å². The molecule has 2 atom stereocenters. The second kappa shape index (κ2) is 4.10. The number of hydrogen-bond donors (Lipinski definition) is 1. The molecule has 0 saturated heterocycles. The molecule has 0 aliphatic heterocycles. The number of hydrogen-bond acceptors (Lipinski definition) is 3. The quantitative estimate of drug-likeness (QED) is 0.574. The van der Waals surface area contributed by atoms with Gasteiger partial charge in [0.15, 0.2) is 5.78 Å². The largest absolute Gasteiger partial charge is 0.323 e. The number of carbonyl (C=O) groups is 1. The molecule has 0 spiro atoms. The third-order valence-electron chi connectivity index (χ3n) is 3.42. The summed E-state index contributed by atoms with van der Waals surface area (Å²) < 4.78 is 0. The summed E-state index contributed by atoms with van der Waals surface area (Å²) in [7, 11) is 0. The maximum absolute atomic E-state index is 12.4. The molecule has 2 unspecified atom stereocenters. The average molecular weight is 259 g/mol. The first kappa shape index (κ1) is 11.2. The number of benzene rings is 1. The summed E-state index contributed by atoms with van der Waals surface area (Å²) in [5.41, 5.74) is 2.13. The summed E-state index contributed by atoms with van der Waals surface area (Å²) in [6, 6.07) is 5.25. The normalized spacial score (nSPS) is 27.2. The Morgan fingerprint density at radius 2 is 1.83 bits per heavy atom. The Kier molecular flexibility index (Phi) is 2.56. The molecule has 90 valence electrons. The van der Waals surface area contributed by atoms with Gasteiger partial charge in [-0.15, -0.1) is 0 Å². The van der Waals surface area contributed by atoms with Crippen LogP contribution in [-0.2, 0) is 0 Å². The summed E-state index contributed by atoms with van der Waals surface area (Å²) >= 11 is 5.95. The summed E-state index contributed by atoms with van der Waals surface area (Å²) in [4.78, 5) is 12.4. The maximum Gasteiger partial charge on any atom is 0.171 e. The van der Waals surface area contributed by atoms with Crippen molar-refractivity contribution in [2.45, 2.75) is 0 Å². The van der Waals surface area contributed by atoms with Crippen LogP contribution in [0.3, 0.4) is 0 Å². The van der Waals surface area contributed by atoms with Gasteiger partial charge in [-0.3, -0.25) is 4.79 Å². The van der Waals surface area contributed by atoms with Crippen LogP contribution < -0.4 is 5.84 Å². The molecule has 4 heteroatoms. The van der Waals surface area contributed by atoms with Crippen LogP contribution in [0.2, 0.25) is 5.02 Å². The van der Waals surface area contributed by atoms with Gasteiger partial charge in [-0.25, -0.2) is 0 Å². The van der Waals surface area contributed by atoms with Crippen molar-refractivity contribution in [2.75, 3.05) is 0 Å². The number of allylic oxidation sites excluding steroid dienone is 4. The van der Waals surface area contributed by atoms with E-state index in [-0.39, 0.29) is 17.6 Å². The molecule has 2 N–H and O–H groups in total. The lowest BCUT2D eigenvalue weighted by Gasteiger charge is -2.30. The molecule has 1 aromatic carbocycles. The van der Waals surface area contributed by atoms with E-state index in [1.807, 2.05) is 30.4 Å². The molecule has 0 fully saturated rings. The smallest absolute Gasteiger partial charge is 0.171 e. The average Bonchev–Trinajstić information content (AvgIpc) is 2.40. The van der Waals surface area contributed by atoms with Crippen molar-refractivity contribution in [1.29, 1.82) is 0 Å². The number of rotatable bonds is 0. The van der Waals surface area contributed by atoms with Gasteiger partial charge in [0.25, 0.3) is 0 Å². The molecule has 3 rings (SSSR count). The zero-order chi connectivity index (χ0) is 12.7. The Labute approximate surface area is 110 Å². The van der Waals surface area contributed by atoms with E-state index >= 15 is 0 Å². The second-order valence-electron chi connectivity index (χ2n) is 4.39. The highest BCUT2D eigenvalue weighted by molar-refractivity contribution is 6.31. The molecular formula is C14H11ClN2O. The molecule has 0 saturated carbocycles. The van der Waals surface area contributed by atoms with Crippen molar-refractivity contribution in [3.05, 3.63) is 58.7 Å². The van der Waals surface area contributed by atoms with Crippen LogP contribution in [0.15, 0.2) is 47.6 Å². The van der Waals surface area contributed by atoms with Crippen LogP contribution in [0.4, 0.5) is 0 Å². The summed E-state index contributed by atoms with van der Waals surface area (Å²) in [6.07, 6.45) is 7.65. The lowest BCUT2D eigenvalue weighted by atomic mass is 9.72. The minimum atomic E-state index is -0.219. The van der Waals surface area contributed by atoms with Crippen LogP contribution in [0.1, 0.15) is 15.9 Å². The standard InChI is InChI=1S/C14H11ClN2O/c15-8-5-6-10-12(7-8)14(18)11-4-2-1-3-9(11)13(10)17-16/h1-7,9,11H,16H2. The van der Waals surface area contributed by atoms with E-state index in [9.17, 15) is 4.79 Å². The summed E-state index contributed by atoms with van der Waals surface area (Å²) in [5.74, 6) is 5.28. The van der Waals surface area contributed by atoms with Gasteiger partial charge in [0.1, 0.15) is 0 Å². The molecular weight excluding hydrogens is 248 g/mol. The number of fused-ring (bicyclic) bond motifs is 2. The number of ketones is 1. The highest BCUT2D eigenvalue weighted by Crippen LogP contribution is 2.35. The van der Waals surface area contributed by atoms with Gasteiger partial charge in [-0.05, 0) is 12.1 Å². The molecule has 0 radical (unpaired) electrons. The third kappa shape index (κ3) is 1.51. The first-order valence-corrected chi connectivity index (χ1v) is 6.07. The Morgan fingerprint density at radius 1 is 1.11 bits per heavy atom. The number of nitrogens with two attached hydrogens (primary N) is 1. The summed E-state index contributed by atoms with van der Waals surface area (Å²) in [6.45, 7) is 0. The van der Waals surface area contributed by atoms with Gasteiger partial charge >= 0.3 is 0 Å². The number of halogens is 1. The van der Waals surface area contributed by atoms with Gasteiger partial charge in [0, 0.05) is 22.1 Å². The fraction of sp³-hybridized carbons (Fsp3) is 0.143. The number of hydrazone groups is 1. The highest BCUT2D eigenvalue weighted by Gasteiger charge is 2.38. The maximum atomic E-state index is 12.4. The van der Waals surface area contributed by atoms with E-state index in [2.05, 4.69) is 5.10 Å². The summed E-state index contributed by atoms with van der Waals surface area (Å²) in [5, 5.41) is 4.42. The van der Waals surface area contributed by atoms with Crippen molar-refractivity contribution in [1.82, 2.24) is 0 Å². The van der Waals surface area contributed by atoms with Gasteiger partial charge in [0.05, 0.1) is 11.6 Å². The van der Waals surface area contributed by atoms with E-state index in [1.54, 1.807) is 12.1 Å². The fourth-order valence-corrected chi connectivity index (χ4v) is 2.75. The minimum absolute atomic E-state index is 0.0684. The molecule has 0 bridgehead atoms. The predicted octanol–water partition coefficient (Wildman–Crippen LogP) is 2.56. The number of Topliss-reactive ketones (excluding diaryl/α,β-unsaturated/α-hetero) is 1. The van der Waals surface area contributed by atoms with Gasteiger partial charge in [-0.1, -0.05) is 42.0 Å². The zero-order valence-electron chi connectivity index (χ0n) is 9.51. The van der Waals surface area contributed by atoms with E-state index in [0.29, 0.717) is 10.6 Å². The Bertz CT molecular complexity index is 616. The molecule has 0 amide bonds. The van der Waals surface area contributed by atoms with E-state index < -0.39 is 0 Å². The molecule has 2 aliphatic rings. The van der Waals surface area contributed by atoms with Gasteiger partial charge < -0.3 is 5.84 Å². The first-order valence-electron chi connectivity index (χ1n) is 5.69. The van der Waals surface area contributed by atoms with Crippen molar-refractivity contribution in [3.8, 4) is 0 Å². The predicted molar refractivity (Wildman–Crippen MR) is 71.8 cm³/mol. The Morgan fingerprint density at radius 3 is 2.56 bits per heavy atom. The van der Waals surface area contributed by atoms with Crippen molar-refractivity contribution < 1.29 is 4.79 Å². The Balaban J connectivity index is 2.24. The highest BCUT2D eigenvalue weighted by atomic mass is 35.5. The first-order chi connectivity index (χ1) is 8.72. The van der Waals surface area contributed by atoms with Crippen LogP contribution in [0.25, 0.3) is 0 Å². The molecule has 18 heavy (non-hydrogen) atoms. The molecule has 0 heterocycles. The minimum Gasteiger partial charge on any atom is -0.323 e. The Hall–Kier alpha value is -1.87. The lowest BCUT2D eigenvalue weighted by molar-refractivity contribution is 0.0930. The molecule has 2 aliphatic carbocycles. The van der Waals surface area contributed by atoms with Crippen molar-refractivity contribution >= 4 is 23.1 Å². The zero-order valence-corrected chi connectivity index (χ0v) is 10.3. The van der Waals surface area contributed by atoms with E-state index in [1.165, 1.54) is 0 Å². The monoisotopic (exact) mass is 258 g/mol. The van der Waals surface area contributed by atoms with Crippen LogP contribution in [0, 0.1) is 11.8 Å². The van der Waals surface area contributed by atoms with Crippen molar-refractivity contribution in [3.63, 3.8) is 0 Å². The fourth-order valence-electron chi connectivity index (χ4n) is 2.58. The van der Waals surface area contributed by atoms with Gasteiger partial charge in [0.2, 0.25) is 0 Å². The van der Waals surface area contributed by atoms with Crippen LogP contribution in [0.5, 0.6) is 0 Å². The number of nitrogens with zero attached hydrogens (tertiary/aromatic N) is 1.